The van der Waals surface area contributed by atoms with Gasteiger partial charge in [-0.05, 0) is 27.2 Å². The summed E-state index contributed by atoms with van der Waals surface area (Å²) in [5.41, 5.74) is -0.128. The van der Waals surface area contributed by atoms with Gasteiger partial charge in [-0.2, -0.15) is 0 Å². The molecule has 0 N–H and O–H groups in total. The molecule has 84 valence electrons. The number of nitrogens with zero attached hydrogens (tertiary/aromatic N) is 1. The van der Waals surface area contributed by atoms with Crippen LogP contribution in [0.25, 0.3) is 0 Å². The minimum atomic E-state index is -0.128. The van der Waals surface area contributed by atoms with Gasteiger partial charge in [0.25, 0.3) is 0 Å². The van der Waals surface area contributed by atoms with Gasteiger partial charge in [-0.1, -0.05) is 0 Å². The first-order chi connectivity index (χ1) is 7.03. The molecule has 0 spiro atoms. The van der Waals surface area contributed by atoms with Crippen molar-refractivity contribution in [3.05, 3.63) is 0 Å². The van der Waals surface area contributed by atoms with Crippen molar-refractivity contribution in [2.24, 2.45) is 16.8 Å². The van der Waals surface area contributed by atoms with Crippen molar-refractivity contribution < 1.29 is 14.3 Å². The molecule has 0 unspecified atom stereocenters. The van der Waals surface area contributed by atoms with E-state index >= 15 is 0 Å². The Hall–Kier alpha value is -1.06. The van der Waals surface area contributed by atoms with Crippen LogP contribution < -0.4 is 0 Å². The summed E-state index contributed by atoms with van der Waals surface area (Å²) in [5, 5.41) is 0. The molecule has 1 aliphatic carbocycles. The smallest absolute Gasteiger partial charge is 0.309 e. The average Bonchev–Trinajstić information content (AvgIpc) is 2.86. The third-order valence-electron chi connectivity index (χ3n) is 2.68. The fraction of sp³-hybridized carbons (Fsp3) is 0.818. The van der Waals surface area contributed by atoms with E-state index in [0.29, 0.717) is 13.2 Å². The highest BCUT2D eigenvalue weighted by atomic mass is 16.5. The molecule has 0 aromatic carbocycles. The average molecular weight is 211 g/mol. The second-order valence-electron chi connectivity index (χ2n) is 4.75. The number of hydrogen-bond donors (Lipinski definition) is 0. The number of carbonyl (C=O) groups is 1. The topological polar surface area (TPSA) is 47.9 Å². The molecule has 2 atom stereocenters. The van der Waals surface area contributed by atoms with Gasteiger partial charge < -0.3 is 9.47 Å². The summed E-state index contributed by atoms with van der Waals surface area (Å²) >= 11 is 0. The van der Waals surface area contributed by atoms with Crippen LogP contribution in [0.2, 0.25) is 0 Å². The van der Waals surface area contributed by atoms with Crippen LogP contribution in [0.4, 0.5) is 0 Å². The van der Waals surface area contributed by atoms with Crippen molar-refractivity contribution in [2.45, 2.75) is 32.7 Å². The second kappa shape index (κ2) is 3.51. The molecule has 2 aliphatic rings. The first-order valence-corrected chi connectivity index (χ1v) is 5.42. The normalized spacial score (nSPS) is 31.8. The largest absolute Gasteiger partial charge is 0.478 e. The zero-order chi connectivity index (χ0) is 11.1. The summed E-state index contributed by atoms with van der Waals surface area (Å²) in [6.45, 7) is 6.95. The predicted octanol–water partition coefficient (Wildman–Crippen LogP) is 1.39. The van der Waals surface area contributed by atoms with Gasteiger partial charge in [0.05, 0.1) is 18.1 Å². The van der Waals surface area contributed by atoms with E-state index in [1.165, 1.54) is 0 Å². The quantitative estimate of drug-likeness (QED) is 0.663. The van der Waals surface area contributed by atoms with E-state index in [1.807, 2.05) is 20.8 Å². The second-order valence-corrected chi connectivity index (χ2v) is 4.75. The highest BCUT2D eigenvalue weighted by molar-refractivity contribution is 5.91. The van der Waals surface area contributed by atoms with Crippen LogP contribution in [-0.2, 0) is 14.3 Å². The van der Waals surface area contributed by atoms with Crippen LogP contribution >= 0.6 is 0 Å². The molecule has 0 amide bonds. The summed E-state index contributed by atoms with van der Waals surface area (Å²) in [5.74, 6) is 0.792. The fourth-order valence-corrected chi connectivity index (χ4v) is 1.78. The van der Waals surface area contributed by atoms with E-state index < -0.39 is 0 Å². The summed E-state index contributed by atoms with van der Waals surface area (Å²) in [4.78, 5) is 15.9. The Balaban J connectivity index is 1.92. The molecular formula is C11H17NO3. The van der Waals surface area contributed by atoms with Gasteiger partial charge in [-0.15, -0.1) is 0 Å². The molecule has 0 bridgehead atoms. The van der Waals surface area contributed by atoms with Gasteiger partial charge in [-0.25, -0.2) is 4.99 Å². The van der Waals surface area contributed by atoms with Crippen LogP contribution in [0.5, 0.6) is 0 Å². The molecule has 0 aromatic rings. The Kier molecular flexibility index (Phi) is 2.44. The van der Waals surface area contributed by atoms with Crippen LogP contribution in [-0.4, -0.2) is 30.6 Å². The minimum Gasteiger partial charge on any atom is -0.478 e. The molecule has 1 saturated carbocycles. The zero-order valence-electron chi connectivity index (χ0n) is 9.45. The first-order valence-electron chi connectivity index (χ1n) is 5.42. The number of ether oxygens (including phenoxy) is 2. The zero-order valence-corrected chi connectivity index (χ0v) is 9.45. The highest BCUT2D eigenvalue weighted by Crippen LogP contribution is 2.43. The summed E-state index contributed by atoms with van der Waals surface area (Å²) in [6.07, 6.45) is 0.827. The van der Waals surface area contributed by atoms with E-state index in [4.69, 9.17) is 9.47 Å². The maximum atomic E-state index is 11.4. The lowest BCUT2D eigenvalue weighted by Gasteiger charge is -2.07. The highest BCUT2D eigenvalue weighted by Gasteiger charge is 2.50. The lowest BCUT2D eigenvalue weighted by atomic mass is 10.1. The number of aliphatic imine (C=N–C) groups is 1. The lowest BCUT2D eigenvalue weighted by Crippen LogP contribution is -2.17. The van der Waals surface area contributed by atoms with Gasteiger partial charge in [-0.3, -0.25) is 4.79 Å². The van der Waals surface area contributed by atoms with Crippen LogP contribution in [0.3, 0.4) is 0 Å². The van der Waals surface area contributed by atoms with Gasteiger partial charge in [0.1, 0.15) is 6.61 Å². The number of rotatable bonds is 3. The maximum Gasteiger partial charge on any atom is 0.309 e. The Morgan fingerprint density at radius 3 is 2.93 bits per heavy atom. The maximum absolute atomic E-state index is 11.4. The summed E-state index contributed by atoms with van der Waals surface area (Å²) < 4.78 is 10.5. The standard InChI is InChI=1S/C11H17NO3/c1-4-14-10(13)8-5-7(8)9-12-11(2,3)6-15-9/h7-8H,4-6H2,1-3H3/t7-,8+/m0/s1. The fourth-order valence-electron chi connectivity index (χ4n) is 1.78. The number of hydrogen-bond acceptors (Lipinski definition) is 4. The Morgan fingerprint density at radius 2 is 2.40 bits per heavy atom. The summed E-state index contributed by atoms with van der Waals surface area (Å²) in [7, 11) is 0. The van der Waals surface area contributed by atoms with E-state index in [0.717, 1.165) is 12.3 Å². The van der Waals surface area contributed by atoms with E-state index in [2.05, 4.69) is 4.99 Å². The van der Waals surface area contributed by atoms with Crippen molar-refractivity contribution in [1.29, 1.82) is 0 Å². The number of carbonyl (C=O) groups excluding carboxylic acids is 1. The first kappa shape index (κ1) is 10.5. The van der Waals surface area contributed by atoms with Gasteiger partial charge in [0.15, 0.2) is 5.90 Å². The van der Waals surface area contributed by atoms with Crippen molar-refractivity contribution in [1.82, 2.24) is 0 Å². The van der Waals surface area contributed by atoms with E-state index in [9.17, 15) is 4.79 Å². The third-order valence-corrected chi connectivity index (χ3v) is 2.68. The molecule has 0 aromatic heterocycles. The Bertz CT molecular complexity index is 309. The van der Waals surface area contributed by atoms with Gasteiger partial charge in [0.2, 0.25) is 0 Å². The molecule has 2 rings (SSSR count). The monoisotopic (exact) mass is 211 g/mol. The van der Waals surface area contributed by atoms with Crippen molar-refractivity contribution in [2.75, 3.05) is 13.2 Å². The molecule has 0 radical (unpaired) electrons. The molecule has 4 heteroatoms. The number of esters is 1. The van der Waals surface area contributed by atoms with Crippen molar-refractivity contribution >= 4 is 11.9 Å². The lowest BCUT2D eigenvalue weighted by molar-refractivity contribution is -0.144. The van der Waals surface area contributed by atoms with E-state index in [-0.39, 0.29) is 23.3 Å². The Labute approximate surface area is 89.7 Å². The van der Waals surface area contributed by atoms with Crippen LogP contribution in [0.1, 0.15) is 27.2 Å². The molecule has 1 fully saturated rings. The van der Waals surface area contributed by atoms with Gasteiger partial charge in [0, 0.05) is 5.92 Å². The van der Waals surface area contributed by atoms with E-state index in [1.54, 1.807) is 0 Å². The minimum absolute atomic E-state index is 0.0161. The predicted molar refractivity (Wildman–Crippen MR) is 55.7 cm³/mol. The molecule has 1 aliphatic heterocycles. The van der Waals surface area contributed by atoms with Gasteiger partial charge >= 0.3 is 5.97 Å². The molecular weight excluding hydrogens is 194 g/mol. The van der Waals surface area contributed by atoms with Crippen LogP contribution in [0, 0.1) is 11.8 Å². The molecule has 15 heavy (non-hydrogen) atoms. The SMILES string of the molecule is CCOC(=O)[C@@H]1C[C@@H]1C1=NC(C)(C)CO1. The molecule has 1 heterocycles. The molecule has 0 saturated heterocycles. The van der Waals surface area contributed by atoms with Crippen molar-refractivity contribution in [3.8, 4) is 0 Å². The summed E-state index contributed by atoms with van der Waals surface area (Å²) in [6, 6.07) is 0. The van der Waals surface area contributed by atoms with Crippen LogP contribution in [0.15, 0.2) is 4.99 Å². The van der Waals surface area contributed by atoms with Crippen molar-refractivity contribution in [3.63, 3.8) is 0 Å². The third kappa shape index (κ3) is 2.13. The Morgan fingerprint density at radius 1 is 1.67 bits per heavy atom. The molecule has 4 nitrogen and oxygen atoms in total.